The van der Waals surface area contributed by atoms with Gasteiger partial charge in [0.25, 0.3) is 0 Å². The number of aromatic hydroxyl groups is 1. The van der Waals surface area contributed by atoms with Crippen LogP contribution in [0.4, 0.5) is 0 Å². The molecular formula is C9H9ClO3. The molecule has 0 saturated heterocycles. The van der Waals surface area contributed by atoms with Crippen molar-refractivity contribution in [2.45, 2.75) is 6.92 Å². The van der Waals surface area contributed by atoms with Gasteiger partial charge in [-0.05, 0) is 13.0 Å². The Morgan fingerprint density at radius 2 is 2.15 bits per heavy atom. The highest BCUT2D eigenvalue weighted by Gasteiger charge is 2.10. The van der Waals surface area contributed by atoms with Crippen molar-refractivity contribution < 1.29 is 14.6 Å². The lowest BCUT2D eigenvalue weighted by molar-refractivity contribution is 0.101. The molecule has 0 unspecified atom stereocenters. The van der Waals surface area contributed by atoms with Gasteiger partial charge in [-0.2, -0.15) is 0 Å². The highest BCUT2D eigenvalue weighted by atomic mass is 35.5. The predicted octanol–water partition coefficient (Wildman–Crippen LogP) is 2.26. The summed E-state index contributed by atoms with van der Waals surface area (Å²) in [6.07, 6.45) is 0. The molecule has 0 heterocycles. The topological polar surface area (TPSA) is 46.5 Å². The highest BCUT2D eigenvalue weighted by Crippen LogP contribution is 2.32. The molecule has 3 nitrogen and oxygen atoms in total. The van der Waals surface area contributed by atoms with E-state index < -0.39 is 0 Å². The average molecular weight is 201 g/mol. The summed E-state index contributed by atoms with van der Waals surface area (Å²) in [7, 11) is 1.42. The minimum Gasteiger partial charge on any atom is -0.504 e. The van der Waals surface area contributed by atoms with Crippen LogP contribution in [0.25, 0.3) is 0 Å². The minimum absolute atomic E-state index is 0.0860. The van der Waals surface area contributed by atoms with E-state index in [1.54, 1.807) is 0 Å². The van der Waals surface area contributed by atoms with Gasteiger partial charge in [0.1, 0.15) is 0 Å². The van der Waals surface area contributed by atoms with Gasteiger partial charge in [0, 0.05) is 11.6 Å². The van der Waals surface area contributed by atoms with Gasteiger partial charge in [-0.25, -0.2) is 0 Å². The van der Waals surface area contributed by atoms with Crippen LogP contribution < -0.4 is 4.74 Å². The van der Waals surface area contributed by atoms with Gasteiger partial charge in [0.2, 0.25) is 0 Å². The van der Waals surface area contributed by atoms with E-state index in [4.69, 9.17) is 16.3 Å². The van der Waals surface area contributed by atoms with Gasteiger partial charge in [0.15, 0.2) is 17.3 Å². The number of ether oxygens (including phenoxy) is 1. The van der Waals surface area contributed by atoms with Crippen molar-refractivity contribution in [1.82, 2.24) is 0 Å². The van der Waals surface area contributed by atoms with Gasteiger partial charge in [-0.1, -0.05) is 11.6 Å². The van der Waals surface area contributed by atoms with Gasteiger partial charge in [-0.15, -0.1) is 0 Å². The van der Waals surface area contributed by atoms with E-state index in [1.807, 2.05) is 0 Å². The molecule has 0 saturated carbocycles. The second-order valence-electron chi connectivity index (χ2n) is 2.56. The molecule has 0 fully saturated rings. The molecule has 70 valence electrons. The quantitative estimate of drug-likeness (QED) is 0.745. The minimum atomic E-state index is -0.192. The van der Waals surface area contributed by atoms with Crippen molar-refractivity contribution in [3.63, 3.8) is 0 Å². The lowest BCUT2D eigenvalue weighted by Gasteiger charge is -2.06. The molecule has 0 aromatic heterocycles. The third-order valence-corrected chi connectivity index (χ3v) is 1.96. The second-order valence-corrected chi connectivity index (χ2v) is 2.97. The van der Waals surface area contributed by atoms with Crippen LogP contribution >= 0.6 is 11.6 Å². The number of Topliss-reactive ketones (excluding diaryl/α,β-unsaturated/α-hetero) is 1. The molecule has 1 rings (SSSR count). The van der Waals surface area contributed by atoms with Crippen molar-refractivity contribution in [3.05, 3.63) is 22.7 Å². The number of phenolic OH excluding ortho intramolecular Hbond substituents is 1. The lowest BCUT2D eigenvalue weighted by Crippen LogP contribution is -1.94. The number of benzene rings is 1. The van der Waals surface area contributed by atoms with Crippen molar-refractivity contribution in [2.24, 2.45) is 0 Å². The first-order valence-corrected chi connectivity index (χ1v) is 4.01. The zero-order valence-corrected chi connectivity index (χ0v) is 8.05. The molecule has 0 atom stereocenters. The smallest absolute Gasteiger partial charge is 0.162 e. The maximum absolute atomic E-state index is 11.0. The van der Waals surface area contributed by atoms with Gasteiger partial charge < -0.3 is 9.84 Å². The molecule has 1 aromatic carbocycles. The maximum Gasteiger partial charge on any atom is 0.162 e. The monoisotopic (exact) mass is 200 g/mol. The Balaban J connectivity index is 3.28. The van der Waals surface area contributed by atoms with E-state index in [2.05, 4.69) is 0 Å². The highest BCUT2D eigenvalue weighted by molar-refractivity contribution is 6.34. The van der Waals surface area contributed by atoms with E-state index >= 15 is 0 Å². The standard InChI is InChI=1S/C9H9ClO3/c1-5(11)6-3-8(12)9(13-2)4-7(6)10/h3-4,12H,1-2H3. The molecule has 0 aliphatic carbocycles. The maximum atomic E-state index is 11.0. The summed E-state index contributed by atoms with van der Waals surface area (Å²) >= 11 is 5.76. The van der Waals surface area contributed by atoms with Crippen molar-refractivity contribution in [3.8, 4) is 11.5 Å². The first-order chi connectivity index (χ1) is 6.06. The third kappa shape index (κ3) is 1.92. The molecule has 0 spiro atoms. The normalized spacial score (nSPS) is 9.77. The van der Waals surface area contributed by atoms with E-state index in [0.717, 1.165) is 0 Å². The summed E-state index contributed by atoms with van der Waals surface area (Å²) in [6, 6.07) is 2.71. The lowest BCUT2D eigenvalue weighted by atomic mass is 10.1. The summed E-state index contributed by atoms with van der Waals surface area (Å²) in [5.74, 6) is -0.0185. The summed E-state index contributed by atoms with van der Waals surface area (Å²) in [6.45, 7) is 1.38. The predicted molar refractivity (Wildman–Crippen MR) is 49.7 cm³/mol. The van der Waals surface area contributed by atoms with Gasteiger partial charge in [-0.3, -0.25) is 4.79 Å². The fourth-order valence-corrected chi connectivity index (χ4v) is 1.26. The third-order valence-electron chi connectivity index (χ3n) is 1.65. The molecule has 13 heavy (non-hydrogen) atoms. The molecule has 4 heteroatoms. The summed E-state index contributed by atoms with van der Waals surface area (Å²) in [5, 5.41) is 9.61. The number of methoxy groups -OCH3 is 1. The van der Waals surface area contributed by atoms with Crippen LogP contribution in [0.1, 0.15) is 17.3 Å². The second kappa shape index (κ2) is 3.66. The molecule has 0 bridgehead atoms. The van der Waals surface area contributed by atoms with Crippen molar-refractivity contribution in [1.29, 1.82) is 0 Å². The van der Waals surface area contributed by atoms with E-state index in [0.29, 0.717) is 5.56 Å². The number of hydrogen-bond donors (Lipinski definition) is 1. The number of carbonyl (C=O) groups excluding carboxylic acids is 1. The molecule has 0 amide bonds. The van der Waals surface area contributed by atoms with Crippen molar-refractivity contribution >= 4 is 17.4 Å². The Labute approximate surface area is 80.9 Å². The van der Waals surface area contributed by atoms with Crippen LogP contribution in [0, 0.1) is 0 Å². The van der Waals surface area contributed by atoms with Gasteiger partial charge >= 0.3 is 0 Å². The van der Waals surface area contributed by atoms with Crippen LogP contribution in [0.5, 0.6) is 11.5 Å². The van der Waals surface area contributed by atoms with E-state index in [-0.39, 0.29) is 22.3 Å². The number of ketones is 1. The Morgan fingerprint density at radius 3 is 2.62 bits per heavy atom. The molecular weight excluding hydrogens is 192 g/mol. The Kier molecular flexibility index (Phi) is 2.78. The SMILES string of the molecule is COc1cc(Cl)c(C(C)=O)cc1O. The first kappa shape index (κ1) is 9.86. The Bertz CT molecular complexity index is 347. The summed E-state index contributed by atoms with van der Waals surface area (Å²) in [4.78, 5) is 11.0. The van der Waals surface area contributed by atoms with Crippen LogP contribution in [0.3, 0.4) is 0 Å². The molecule has 1 N–H and O–H groups in total. The number of carbonyl (C=O) groups is 1. The molecule has 0 aliphatic rings. The molecule has 1 aromatic rings. The van der Waals surface area contributed by atoms with Crippen LogP contribution in [0.2, 0.25) is 5.02 Å². The fourth-order valence-electron chi connectivity index (χ4n) is 0.977. The number of hydrogen-bond acceptors (Lipinski definition) is 3. The summed E-state index contributed by atoms with van der Waals surface area (Å²) in [5.41, 5.74) is 0.292. The van der Waals surface area contributed by atoms with Crippen molar-refractivity contribution in [2.75, 3.05) is 7.11 Å². The van der Waals surface area contributed by atoms with Crippen LogP contribution in [-0.4, -0.2) is 18.0 Å². The Hall–Kier alpha value is -1.22. The molecule has 0 radical (unpaired) electrons. The number of rotatable bonds is 2. The van der Waals surface area contributed by atoms with E-state index in [9.17, 15) is 9.90 Å². The average Bonchev–Trinajstić information content (AvgIpc) is 2.07. The zero-order valence-electron chi connectivity index (χ0n) is 7.30. The van der Waals surface area contributed by atoms with E-state index in [1.165, 1.54) is 26.2 Å². The molecule has 0 aliphatic heterocycles. The Morgan fingerprint density at radius 1 is 1.54 bits per heavy atom. The fraction of sp³-hybridized carbons (Fsp3) is 0.222. The summed E-state index contributed by atoms with van der Waals surface area (Å²) < 4.78 is 4.81. The van der Waals surface area contributed by atoms with Gasteiger partial charge in [0.05, 0.1) is 12.1 Å². The largest absolute Gasteiger partial charge is 0.504 e. The van der Waals surface area contributed by atoms with Crippen LogP contribution in [-0.2, 0) is 0 Å². The van der Waals surface area contributed by atoms with Crippen LogP contribution in [0.15, 0.2) is 12.1 Å². The number of halogens is 1. The number of phenols is 1. The first-order valence-electron chi connectivity index (χ1n) is 3.63. The zero-order chi connectivity index (χ0) is 10.0.